The van der Waals surface area contributed by atoms with Gasteiger partial charge in [-0.2, -0.15) is 0 Å². The first kappa shape index (κ1) is 4.37. The fourth-order valence-electron chi connectivity index (χ4n) is 0.564. The minimum absolute atomic E-state index is 0.861. The van der Waals surface area contributed by atoms with E-state index in [0.29, 0.717) is 0 Å². The highest BCUT2D eigenvalue weighted by molar-refractivity contribution is 5.88. The summed E-state index contributed by atoms with van der Waals surface area (Å²) in [7, 11) is 1.97. The Labute approximate surface area is 42.9 Å². The average Bonchev–Trinajstić information content (AvgIpc) is 1.91. The van der Waals surface area contributed by atoms with E-state index in [4.69, 9.17) is 5.73 Å². The van der Waals surface area contributed by atoms with E-state index >= 15 is 0 Å². The van der Waals surface area contributed by atoms with E-state index in [2.05, 4.69) is 0 Å². The van der Waals surface area contributed by atoms with Gasteiger partial charge in [0.1, 0.15) is 6.54 Å². The zero-order valence-corrected chi connectivity index (χ0v) is 4.39. The van der Waals surface area contributed by atoms with Crippen LogP contribution in [0.3, 0.4) is 0 Å². The molecule has 2 nitrogen and oxygen atoms in total. The zero-order valence-electron chi connectivity index (χ0n) is 4.39. The van der Waals surface area contributed by atoms with Crippen LogP contribution in [0.1, 0.15) is 0 Å². The number of hydrogen-bond acceptors (Lipinski definition) is 1. The molecule has 0 bridgehead atoms. The summed E-state index contributed by atoms with van der Waals surface area (Å²) < 4.78 is 1.99. The number of likely N-dealkylation sites (N-methyl/N-ethyl adjacent to an activating group) is 1. The van der Waals surface area contributed by atoms with E-state index in [1.165, 1.54) is 0 Å². The molecule has 0 saturated heterocycles. The van der Waals surface area contributed by atoms with E-state index in [-0.39, 0.29) is 0 Å². The zero-order chi connectivity index (χ0) is 5.28. The van der Waals surface area contributed by atoms with Crippen LogP contribution >= 0.6 is 0 Å². The van der Waals surface area contributed by atoms with Crippen LogP contribution in [0.4, 0.5) is 0 Å². The first-order valence-corrected chi connectivity index (χ1v) is 2.31. The minimum Gasteiger partial charge on any atom is -0.287 e. The Hall–Kier alpha value is -0.790. The van der Waals surface area contributed by atoms with Gasteiger partial charge in [-0.3, -0.25) is 10.3 Å². The third-order valence-electron chi connectivity index (χ3n) is 1.11. The van der Waals surface area contributed by atoms with Crippen LogP contribution in [0.25, 0.3) is 0 Å². The van der Waals surface area contributed by atoms with Gasteiger partial charge in [0.2, 0.25) is 0 Å². The molecule has 1 aliphatic heterocycles. The molecule has 38 valence electrons. The number of rotatable bonds is 0. The topological polar surface area (TPSA) is 29.0 Å². The fraction of sp³-hybridized carbons (Fsp3) is 0.400. The largest absolute Gasteiger partial charge is 0.287 e. The molecule has 0 aromatic rings. The number of hydrogen-bond donors (Lipinski definition) is 1. The lowest BCUT2D eigenvalue weighted by molar-refractivity contribution is -0.482. The highest BCUT2D eigenvalue weighted by Crippen LogP contribution is 1.84. The maximum atomic E-state index is 5.43. The van der Waals surface area contributed by atoms with Crippen LogP contribution < -0.4 is 5.73 Å². The van der Waals surface area contributed by atoms with Gasteiger partial charge < -0.3 is 0 Å². The van der Waals surface area contributed by atoms with Crippen LogP contribution in [-0.4, -0.2) is 24.0 Å². The smallest absolute Gasteiger partial charge is 0.267 e. The molecule has 0 fully saturated rings. The number of amidine groups is 1. The van der Waals surface area contributed by atoms with Crippen molar-refractivity contribution in [3.8, 4) is 0 Å². The van der Waals surface area contributed by atoms with Crippen LogP contribution in [0.2, 0.25) is 0 Å². The summed E-state index contributed by atoms with van der Waals surface area (Å²) in [5, 5.41) is 0. The molecular weight excluding hydrogens is 88.1 g/mol. The first-order chi connectivity index (χ1) is 3.30. The SMILES string of the molecule is C[N+]1=C(N)C=CC1. The van der Waals surface area contributed by atoms with E-state index < -0.39 is 0 Å². The minimum atomic E-state index is 0.861. The molecular formula is C5H9N2+. The third kappa shape index (κ3) is 0.633. The van der Waals surface area contributed by atoms with E-state index in [1.54, 1.807) is 0 Å². The summed E-state index contributed by atoms with van der Waals surface area (Å²) in [4.78, 5) is 0. The van der Waals surface area contributed by atoms with Crippen molar-refractivity contribution in [2.45, 2.75) is 0 Å². The molecule has 0 aliphatic carbocycles. The van der Waals surface area contributed by atoms with E-state index in [9.17, 15) is 0 Å². The highest BCUT2D eigenvalue weighted by Gasteiger charge is 2.02. The van der Waals surface area contributed by atoms with Crippen molar-refractivity contribution in [3.05, 3.63) is 12.2 Å². The van der Waals surface area contributed by atoms with Crippen molar-refractivity contribution >= 4 is 5.84 Å². The van der Waals surface area contributed by atoms with Crippen molar-refractivity contribution in [2.24, 2.45) is 5.73 Å². The first-order valence-electron chi connectivity index (χ1n) is 2.31. The molecule has 7 heavy (non-hydrogen) atoms. The molecule has 0 amide bonds. The molecule has 1 aliphatic rings. The van der Waals surface area contributed by atoms with Crippen LogP contribution in [0.15, 0.2) is 12.2 Å². The Morgan fingerprint density at radius 1 is 1.86 bits per heavy atom. The van der Waals surface area contributed by atoms with Gasteiger partial charge >= 0.3 is 0 Å². The van der Waals surface area contributed by atoms with Gasteiger partial charge in [0, 0.05) is 6.08 Å². The average molecular weight is 97.1 g/mol. The molecule has 0 aromatic carbocycles. The Kier molecular flexibility index (Phi) is 0.855. The molecule has 0 aromatic heterocycles. The van der Waals surface area contributed by atoms with Crippen molar-refractivity contribution in [3.63, 3.8) is 0 Å². The van der Waals surface area contributed by atoms with Crippen molar-refractivity contribution < 1.29 is 4.58 Å². The molecule has 0 radical (unpaired) electrons. The Morgan fingerprint density at radius 2 is 2.57 bits per heavy atom. The Bertz CT molecular complexity index is 133. The van der Waals surface area contributed by atoms with Gasteiger partial charge in [-0.05, 0) is 6.08 Å². The maximum absolute atomic E-state index is 5.43. The van der Waals surface area contributed by atoms with Gasteiger partial charge in [0.15, 0.2) is 0 Å². The summed E-state index contributed by atoms with van der Waals surface area (Å²) in [6, 6.07) is 0. The standard InChI is InChI=1S/C5H8N2/c1-7-4-2-3-5(7)6/h2-3,6H,4H2,1H3/p+1. The molecule has 1 rings (SSSR count). The molecule has 0 spiro atoms. The molecule has 2 N–H and O–H groups in total. The van der Waals surface area contributed by atoms with Gasteiger partial charge in [0.25, 0.3) is 5.84 Å². The van der Waals surface area contributed by atoms with Gasteiger partial charge in [0.05, 0.1) is 7.05 Å². The summed E-state index contributed by atoms with van der Waals surface area (Å²) in [6.07, 6.45) is 3.95. The monoisotopic (exact) mass is 97.1 g/mol. The van der Waals surface area contributed by atoms with Gasteiger partial charge in [-0.15, -0.1) is 0 Å². The predicted molar refractivity (Wildman–Crippen MR) is 29.4 cm³/mol. The summed E-state index contributed by atoms with van der Waals surface area (Å²) in [5.41, 5.74) is 5.43. The summed E-state index contributed by atoms with van der Waals surface area (Å²) in [5.74, 6) is 0.861. The van der Waals surface area contributed by atoms with Crippen molar-refractivity contribution in [1.82, 2.24) is 0 Å². The molecule has 0 atom stereocenters. The summed E-state index contributed by atoms with van der Waals surface area (Å²) in [6.45, 7) is 0.964. The Morgan fingerprint density at radius 3 is 2.71 bits per heavy atom. The Balaban J connectivity index is 2.79. The molecule has 0 saturated carbocycles. The van der Waals surface area contributed by atoms with E-state index in [0.717, 1.165) is 12.4 Å². The van der Waals surface area contributed by atoms with Crippen LogP contribution in [0, 0.1) is 0 Å². The lowest BCUT2D eigenvalue weighted by Gasteiger charge is -1.86. The molecule has 1 heterocycles. The quantitative estimate of drug-likeness (QED) is 0.408. The van der Waals surface area contributed by atoms with Crippen LogP contribution in [0.5, 0.6) is 0 Å². The lowest BCUT2D eigenvalue weighted by Crippen LogP contribution is -2.18. The van der Waals surface area contributed by atoms with Gasteiger partial charge in [-0.25, -0.2) is 0 Å². The highest BCUT2D eigenvalue weighted by atomic mass is 15.0. The third-order valence-corrected chi connectivity index (χ3v) is 1.11. The summed E-state index contributed by atoms with van der Waals surface area (Å²) >= 11 is 0. The van der Waals surface area contributed by atoms with E-state index in [1.807, 2.05) is 23.8 Å². The lowest BCUT2D eigenvalue weighted by atomic mass is 10.5. The predicted octanol–water partition coefficient (Wildman–Crippen LogP) is -0.444. The second-order valence-electron chi connectivity index (χ2n) is 1.71. The fourth-order valence-corrected chi connectivity index (χ4v) is 0.564. The van der Waals surface area contributed by atoms with Crippen molar-refractivity contribution in [1.29, 1.82) is 0 Å². The number of nitrogens with zero attached hydrogens (tertiary/aromatic N) is 1. The maximum Gasteiger partial charge on any atom is 0.267 e. The van der Waals surface area contributed by atoms with Crippen LogP contribution in [-0.2, 0) is 0 Å². The number of nitrogens with two attached hydrogens (primary N) is 1. The second-order valence-corrected chi connectivity index (χ2v) is 1.71. The van der Waals surface area contributed by atoms with Crippen molar-refractivity contribution in [2.75, 3.05) is 13.6 Å². The molecule has 0 unspecified atom stereocenters. The van der Waals surface area contributed by atoms with Gasteiger partial charge in [-0.1, -0.05) is 0 Å². The molecule has 2 heteroatoms. The normalized spacial score (nSPS) is 19.0. The second kappa shape index (κ2) is 1.37.